The maximum atomic E-state index is 12.0. The highest BCUT2D eigenvalue weighted by Gasteiger charge is 2.13. The summed E-state index contributed by atoms with van der Waals surface area (Å²) in [6.45, 7) is 6.26. The van der Waals surface area contributed by atoms with Crippen molar-refractivity contribution in [2.45, 2.75) is 38.0 Å². The average Bonchev–Trinajstić information content (AvgIpc) is 2.49. The van der Waals surface area contributed by atoms with Gasteiger partial charge >= 0.3 is 0 Å². The van der Waals surface area contributed by atoms with Crippen LogP contribution in [0.5, 0.6) is 0 Å². The molecule has 120 valence electrons. The molecular formula is C14H25N3O3S. The van der Waals surface area contributed by atoms with E-state index in [0.717, 1.165) is 25.8 Å². The Labute approximate surface area is 127 Å². The minimum Gasteiger partial charge on any atom is -0.380 e. The predicted octanol–water partition coefficient (Wildman–Crippen LogP) is 2.00. The minimum atomic E-state index is -3.51. The molecule has 6 nitrogen and oxygen atoms in total. The zero-order valence-corrected chi connectivity index (χ0v) is 13.6. The molecule has 0 aliphatic rings. The van der Waals surface area contributed by atoms with E-state index in [0.29, 0.717) is 19.0 Å². The summed E-state index contributed by atoms with van der Waals surface area (Å²) in [7, 11) is -3.51. The average molecular weight is 315 g/mol. The number of nitrogens with one attached hydrogen (secondary N) is 2. The van der Waals surface area contributed by atoms with Crippen LogP contribution in [0.15, 0.2) is 23.2 Å². The van der Waals surface area contributed by atoms with Crippen LogP contribution in [0.1, 0.15) is 33.1 Å². The minimum absolute atomic E-state index is 0.165. The lowest BCUT2D eigenvalue weighted by Crippen LogP contribution is -2.27. The monoisotopic (exact) mass is 315 g/mol. The van der Waals surface area contributed by atoms with Gasteiger partial charge in [0.05, 0.1) is 6.61 Å². The van der Waals surface area contributed by atoms with Gasteiger partial charge in [0.15, 0.2) is 0 Å². The van der Waals surface area contributed by atoms with Crippen molar-refractivity contribution >= 4 is 15.8 Å². The number of sulfonamides is 1. The third-order valence-corrected chi connectivity index (χ3v) is 4.23. The van der Waals surface area contributed by atoms with Gasteiger partial charge in [-0.1, -0.05) is 20.3 Å². The van der Waals surface area contributed by atoms with Crippen molar-refractivity contribution in [2.24, 2.45) is 0 Å². The summed E-state index contributed by atoms with van der Waals surface area (Å²) >= 11 is 0. The summed E-state index contributed by atoms with van der Waals surface area (Å²) in [6.07, 6.45) is 4.40. The maximum Gasteiger partial charge on any atom is 0.242 e. The molecule has 1 aromatic heterocycles. The van der Waals surface area contributed by atoms with Crippen LogP contribution in [-0.2, 0) is 14.8 Å². The van der Waals surface area contributed by atoms with E-state index in [1.165, 1.54) is 6.20 Å². The Morgan fingerprint density at radius 1 is 1.14 bits per heavy atom. The molecule has 0 fully saturated rings. The first-order chi connectivity index (χ1) is 10.1. The molecule has 0 unspecified atom stereocenters. The highest BCUT2D eigenvalue weighted by molar-refractivity contribution is 7.89. The largest absolute Gasteiger partial charge is 0.380 e. The van der Waals surface area contributed by atoms with E-state index in [9.17, 15) is 8.42 Å². The van der Waals surface area contributed by atoms with Gasteiger partial charge in [-0.3, -0.25) is 0 Å². The number of nitrogens with zero attached hydrogens (tertiary/aromatic N) is 1. The van der Waals surface area contributed by atoms with Crippen LogP contribution in [0.2, 0.25) is 0 Å². The van der Waals surface area contributed by atoms with Gasteiger partial charge in [-0.15, -0.1) is 0 Å². The van der Waals surface area contributed by atoms with Gasteiger partial charge in [-0.05, 0) is 25.0 Å². The lowest BCUT2D eigenvalue weighted by atomic mass is 10.4. The van der Waals surface area contributed by atoms with Crippen LogP contribution < -0.4 is 10.0 Å². The molecular weight excluding hydrogens is 290 g/mol. The number of anilines is 1. The number of ether oxygens (including phenoxy) is 1. The van der Waals surface area contributed by atoms with E-state index in [4.69, 9.17) is 4.74 Å². The lowest BCUT2D eigenvalue weighted by Gasteiger charge is -2.08. The molecule has 7 heteroatoms. The number of hydrogen-bond acceptors (Lipinski definition) is 5. The van der Waals surface area contributed by atoms with Gasteiger partial charge in [0.2, 0.25) is 10.0 Å². The Kier molecular flexibility index (Phi) is 8.26. The summed E-state index contributed by atoms with van der Waals surface area (Å²) < 4.78 is 31.9. The van der Waals surface area contributed by atoms with Gasteiger partial charge < -0.3 is 10.1 Å². The molecule has 1 heterocycles. The number of hydrogen-bond donors (Lipinski definition) is 2. The van der Waals surface area contributed by atoms with Crippen molar-refractivity contribution in [1.29, 1.82) is 0 Å². The van der Waals surface area contributed by atoms with Crippen LogP contribution in [-0.4, -0.2) is 39.7 Å². The van der Waals surface area contributed by atoms with Crippen molar-refractivity contribution in [3.8, 4) is 0 Å². The third-order valence-electron chi connectivity index (χ3n) is 2.78. The quantitative estimate of drug-likeness (QED) is 0.611. The predicted molar refractivity (Wildman–Crippen MR) is 83.9 cm³/mol. The first kappa shape index (κ1) is 17.9. The number of pyridine rings is 1. The summed E-state index contributed by atoms with van der Waals surface area (Å²) in [6, 6.07) is 3.22. The standard InChI is InChI=1S/C14H25N3O3S/c1-3-5-10-20-11-9-17-21(18,19)13-6-7-14(16-12-13)15-8-4-2/h6-7,12,17H,3-5,8-11H2,1-2H3,(H,15,16). The van der Waals surface area contributed by atoms with Gasteiger partial charge in [0.1, 0.15) is 10.7 Å². The van der Waals surface area contributed by atoms with Gasteiger partial charge in [-0.2, -0.15) is 0 Å². The zero-order chi connectivity index (χ0) is 15.6. The summed E-state index contributed by atoms with van der Waals surface area (Å²) in [5.41, 5.74) is 0. The first-order valence-electron chi connectivity index (χ1n) is 7.37. The Morgan fingerprint density at radius 2 is 1.95 bits per heavy atom. The van der Waals surface area contributed by atoms with E-state index in [1.807, 2.05) is 0 Å². The number of rotatable bonds is 11. The molecule has 1 aromatic rings. The normalized spacial score (nSPS) is 11.5. The lowest BCUT2D eigenvalue weighted by molar-refractivity contribution is 0.136. The van der Waals surface area contributed by atoms with Gasteiger partial charge in [0, 0.05) is 25.9 Å². The fourth-order valence-corrected chi connectivity index (χ4v) is 2.53. The molecule has 0 aromatic carbocycles. The molecule has 0 aliphatic carbocycles. The summed E-state index contributed by atoms with van der Waals surface area (Å²) in [4.78, 5) is 4.25. The van der Waals surface area contributed by atoms with Crippen LogP contribution >= 0.6 is 0 Å². The van der Waals surface area contributed by atoms with Gasteiger partial charge in [-0.25, -0.2) is 18.1 Å². The molecule has 0 amide bonds. The second-order valence-corrected chi connectivity index (χ2v) is 6.44. The fraction of sp³-hybridized carbons (Fsp3) is 0.643. The maximum absolute atomic E-state index is 12.0. The van der Waals surface area contributed by atoms with Crippen molar-refractivity contribution in [1.82, 2.24) is 9.71 Å². The van der Waals surface area contributed by atoms with E-state index < -0.39 is 10.0 Å². The molecule has 0 bridgehead atoms. The van der Waals surface area contributed by atoms with E-state index in [1.54, 1.807) is 12.1 Å². The molecule has 0 aliphatic heterocycles. The molecule has 2 N–H and O–H groups in total. The van der Waals surface area contributed by atoms with Crippen molar-refractivity contribution < 1.29 is 13.2 Å². The molecule has 21 heavy (non-hydrogen) atoms. The van der Waals surface area contributed by atoms with Gasteiger partial charge in [0.25, 0.3) is 0 Å². The third kappa shape index (κ3) is 6.88. The van der Waals surface area contributed by atoms with E-state index in [2.05, 4.69) is 28.9 Å². The molecule has 0 radical (unpaired) electrons. The summed E-state index contributed by atoms with van der Waals surface area (Å²) in [5, 5.41) is 3.10. The fourth-order valence-electron chi connectivity index (χ4n) is 1.58. The Balaban J connectivity index is 2.42. The van der Waals surface area contributed by atoms with Crippen LogP contribution in [0.25, 0.3) is 0 Å². The Bertz CT molecular complexity index is 489. The molecule has 1 rings (SSSR count). The Morgan fingerprint density at radius 3 is 2.57 bits per heavy atom. The molecule has 0 saturated carbocycles. The Hall–Kier alpha value is -1.18. The van der Waals surface area contributed by atoms with Crippen LogP contribution in [0.3, 0.4) is 0 Å². The second kappa shape index (κ2) is 9.70. The first-order valence-corrected chi connectivity index (χ1v) is 8.85. The zero-order valence-electron chi connectivity index (χ0n) is 12.8. The molecule has 0 saturated heterocycles. The molecule has 0 atom stereocenters. The van der Waals surface area contributed by atoms with Crippen LogP contribution in [0, 0.1) is 0 Å². The SMILES string of the molecule is CCCCOCCNS(=O)(=O)c1ccc(NCCC)nc1. The van der Waals surface area contributed by atoms with E-state index in [-0.39, 0.29) is 11.4 Å². The number of unbranched alkanes of at least 4 members (excludes halogenated alkanes) is 1. The molecule has 0 spiro atoms. The summed E-state index contributed by atoms with van der Waals surface area (Å²) in [5.74, 6) is 0.679. The van der Waals surface area contributed by atoms with E-state index >= 15 is 0 Å². The van der Waals surface area contributed by atoms with Crippen LogP contribution in [0.4, 0.5) is 5.82 Å². The topological polar surface area (TPSA) is 80.3 Å². The van der Waals surface area contributed by atoms with Crippen molar-refractivity contribution in [3.05, 3.63) is 18.3 Å². The second-order valence-electron chi connectivity index (χ2n) is 4.67. The van der Waals surface area contributed by atoms with Crippen molar-refractivity contribution in [3.63, 3.8) is 0 Å². The smallest absolute Gasteiger partial charge is 0.242 e. The van der Waals surface area contributed by atoms with Crippen molar-refractivity contribution in [2.75, 3.05) is 31.6 Å². The highest BCUT2D eigenvalue weighted by Crippen LogP contribution is 2.10. The number of aromatic nitrogens is 1. The highest BCUT2D eigenvalue weighted by atomic mass is 32.2.